The summed E-state index contributed by atoms with van der Waals surface area (Å²) in [6.07, 6.45) is 0. The van der Waals surface area contributed by atoms with E-state index in [4.69, 9.17) is 0 Å². The van der Waals surface area contributed by atoms with Crippen LogP contribution in [0, 0.1) is 5.82 Å². The molecule has 0 spiro atoms. The molecule has 0 radical (unpaired) electrons. The second-order valence-corrected chi connectivity index (χ2v) is 5.44. The quantitative estimate of drug-likeness (QED) is 0.687. The summed E-state index contributed by atoms with van der Waals surface area (Å²) in [7, 11) is 0. The van der Waals surface area contributed by atoms with Crippen molar-refractivity contribution in [1.82, 2.24) is 9.97 Å². The normalized spacial score (nSPS) is 12.1. The molecule has 0 saturated heterocycles. The Morgan fingerprint density at radius 1 is 1.19 bits per heavy atom. The summed E-state index contributed by atoms with van der Waals surface area (Å²) in [5.41, 5.74) is 1.08. The van der Waals surface area contributed by atoms with Gasteiger partial charge in [0.15, 0.2) is 4.73 Å². The summed E-state index contributed by atoms with van der Waals surface area (Å²) in [6.45, 7) is 6.14. The van der Waals surface area contributed by atoms with E-state index in [1.165, 1.54) is 6.07 Å². The van der Waals surface area contributed by atoms with Crippen molar-refractivity contribution in [2.24, 2.45) is 0 Å². The van der Waals surface area contributed by atoms with Crippen molar-refractivity contribution in [2.45, 2.75) is 26.2 Å². The van der Waals surface area contributed by atoms with Gasteiger partial charge in [0.05, 0.1) is 5.69 Å². The molecule has 0 N–H and O–H groups in total. The van der Waals surface area contributed by atoms with Gasteiger partial charge < -0.3 is 0 Å². The highest BCUT2D eigenvalue weighted by Crippen LogP contribution is 2.29. The molecule has 0 fully saturated rings. The maximum Gasteiger partial charge on any atom is 0.197 e. The smallest absolute Gasteiger partial charge is 0.197 e. The third kappa shape index (κ3) is 1.94. The lowest BCUT2D eigenvalue weighted by atomic mass is 9.89. The van der Waals surface area contributed by atoms with E-state index in [2.05, 4.69) is 25.9 Å². The number of para-hydroxylation sites is 1. The number of halogens is 2. The Morgan fingerprint density at radius 2 is 1.88 bits per heavy atom. The van der Waals surface area contributed by atoms with Gasteiger partial charge in [0, 0.05) is 10.8 Å². The highest BCUT2D eigenvalue weighted by Gasteiger charge is 2.21. The van der Waals surface area contributed by atoms with Gasteiger partial charge in [-0.2, -0.15) is 0 Å². The molecule has 0 atom stereocenters. The van der Waals surface area contributed by atoms with Gasteiger partial charge in [0.1, 0.15) is 11.3 Å². The second kappa shape index (κ2) is 3.77. The topological polar surface area (TPSA) is 25.8 Å². The maximum atomic E-state index is 13.6. The number of hydrogen-bond donors (Lipinski definition) is 0. The molecule has 0 amide bonds. The molecule has 2 nitrogen and oxygen atoms in total. The van der Waals surface area contributed by atoms with Crippen LogP contribution in [0.15, 0.2) is 22.9 Å². The Hall–Kier alpha value is -1.03. The lowest BCUT2D eigenvalue weighted by Gasteiger charge is -2.19. The molecule has 2 rings (SSSR count). The summed E-state index contributed by atoms with van der Waals surface area (Å²) in [4.78, 5) is 8.43. The van der Waals surface area contributed by atoms with Crippen LogP contribution in [0.2, 0.25) is 0 Å². The summed E-state index contributed by atoms with van der Waals surface area (Å²) in [5.74, 6) is -0.314. The van der Waals surface area contributed by atoms with Crippen molar-refractivity contribution in [3.63, 3.8) is 0 Å². The highest BCUT2D eigenvalue weighted by molar-refractivity contribution is 9.10. The average molecular weight is 283 g/mol. The third-order valence-electron chi connectivity index (χ3n) is 2.36. The van der Waals surface area contributed by atoms with Gasteiger partial charge in [-0.3, -0.25) is 0 Å². The van der Waals surface area contributed by atoms with E-state index in [-0.39, 0.29) is 11.2 Å². The van der Waals surface area contributed by atoms with E-state index in [0.29, 0.717) is 10.3 Å². The molecule has 16 heavy (non-hydrogen) atoms. The van der Waals surface area contributed by atoms with Gasteiger partial charge in [0.2, 0.25) is 0 Å². The van der Waals surface area contributed by atoms with E-state index in [1.807, 2.05) is 26.8 Å². The van der Waals surface area contributed by atoms with Crippen molar-refractivity contribution in [1.29, 1.82) is 0 Å². The SMILES string of the molecule is CC(C)(C)c1nc(Br)nc2c(F)cccc12. The molecule has 0 aliphatic carbocycles. The van der Waals surface area contributed by atoms with Gasteiger partial charge in [-0.1, -0.05) is 32.9 Å². The van der Waals surface area contributed by atoms with Crippen molar-refractivity contribution >= 4 is 26.8 Å². The Morgan fingerprint density at radius 3 is 2.50 bits per heavy atom. The number of fused-ring (bicyclic) bond motifs is 1. The second-order valence-electron chi connectivity index (χ2n) is 4.73. The predicted octanol–water partition coefficient (Wildman–Crippen LogP) is 3.83. The fourth-order valence-electron chi connectivity index (χ4n) is 1.66. The van der Waals surface area contributed by atoms with E-state index < -0.39 is 0 Å². The lowest BCUT2D eigenvalue weighted by molar-refractivity contribution is 0.571. The lowest BCUT2D eigenvalue weighted by Crippen LogP contribution is -2.15. The first-order chi connectivity index (χ1) is 7.39. The number of nitrogens with zero attached hydrogens (tertiary/aromatic N) is 2. The fraction of sp³-hybridized carbons (Fsp3) is 0.333. The van der Waals surface area contributed by atoms with Crippen molar-refractivity contribution < 1.29 is 4.39 Å². The number of aromatic nitrogens is 2. The summed E-state index contributed by atoms with van der Waals surface area (Å²) in [5, 5.41) is 0.774. The molecular weight excluding hydrogens is 271 g/mol. The Kier molecular flexibility index (Phi) is 2.70. The van der Waals surface area contributed by atoms with E-state index >= 15 is 0 Å². The summed E-state index contributed by atoms with van der Waals surface area (Å²) in [6, 6.07) is 4.95. The molecular formula is C12H12BrFN2. The van der Waals surface area contributed by atoms with E-state index in [0.717, 1.165) is 11.1 Å². The standard InChI is InChI=1S/C12H12BrFN2/c1-12(2,3)10-7-5-4-6-8(14)9(7)15-11(13)16-10/h4-6H,1-3H3. The molecule has 0 aliphatic heterocycles. The number of hydrogen-bond acceptors (Lipinski definition) is 2. The highest BCUT2D eigenvalue weighted by atomic mass is 79.9. The van der Waals surface area contributed by atoms with Crippen LogP contribution in [0.25, 0.3) is 10.9 Å². The third-order valence-corrected chi connectivity index (χ3v) is 2.72. The molecule has 0 aliphatic rings. The van der Waals surface area contributed by atoms with Crippen LogP contribution in [0.4, 0.5) is 4.39 Å². The molecule has 0 bridgehead atoms. The van der Waals surface area contributed by atoms with Crippen molar-refractivity contribution in [3.05, 3.63) is 34.4 Å². The zero-order valence-corrected chi connectivity index (χ0v) is 11.0. The Labute approximate surface area is 102 Å². The molecule has 2 aromatic rings. The zero-order chi connectivity index (χ0) is 11.9. The van der Waals surface area contributed by atoms with Crippen LogP contribution in [-0.4, -0.2) is 9.97 Å². The molecule has 1 aromatic heterocycles. The molecule has 0 unspecified atom stereocenters. The maximum absolute atomic E-state index is 13.6. The largest absolute Gasteiger partial charge is 0.226 e. The van der Waals surface area contributed by atoms with E-state index in [9.17, 15) is 4.39 Å². The van der Waals surface area contributed by atoms with Crippen LogP contribution in [0.3, 0.4) is 0 Å². The fourth-order valence-corrected chi connectivity index (χ4v) is 2.02. The first-order valence-corrected chi connectivity index (χ1v) is 5.81. The minimum absolute atomic E-state index is 0.141. The number of benzene rings is 1. The van der Waals surface area contributed by atoms with Crippen molar-refractivity contribution in [3.8, 4) is 0 Å². The zero-order valence-electron chi connectivity index (χ0n) is 9.38. The minimum Gasteiger partial charge on any atom is -0.226 e. The Balaban J connectivity index is 2.89. The average Bonchev–Trinajstić information content (AvgIpc) is 2.17. The monoisotopic (exact) mass is 282 g/mol. The first-order valence-electron chi connectivity index (χ1n) is 5.02. The molecule has 0 saturated carbocycles. The Bertz CT molecular complexity index is 546. The van der Waals surface area contributed by atoms with Crippen LogP contribution in [-0.2, 0) is 5.41 Å². The van der Waals surface area contributed by atoms with Crippen LogP contribution in [0.5, 0.6) is 0 Å². The molecule has 1 aromatic carbocycles. The summed E-state index contributed by atoms with van der Waals surface area (Å²) >= 11 is 3.22. The summed E-state index contributed by atoms with van der Waals surface area (Å²) < 4.78 is 14.0. The van der Waals surface area contributed by atoms with Gasteiger partial charge >= 0.3 is 0 Å². The van der Waals surface area contributed by atoms with Gasteiger partial charge in [-0.25, -0.2) is 14.4 Å². The number of rotatable bonds is 0. The van der Waals surface area contributed by atoms with Crippen LogP contribution < -0.4 is 0 Å². The molecule has 4 heteroatoms. The van der Waals surface area contributed by atoms with Gasteiger partial charge in [0.25, 0.3) is 0 Å². The molecule has 84 valence electrons. The van der Waals surface area contributed by atoms with Gasteiger partial charge in [-0.05, 0) is 22.0 Å². The first kappa shape index (κ1) is 11.5. The van der Waals surface area contributed by atoms with Gasteiger partial charge in [-0.15, -0.1) is 0 Å². The van der Waals surface area contributed by atoms with Crippen LogP contribution >= 0.6 is 15.9 Å². The van der Waals surface area contributed by atoms with Crippen molar-refractivity contribution in [2.75, 3.05) is 0 Å². The van der Waals surface area contributed by atoms with E-state index in [1.54, 1.807) is 6.07 Å². The minimum atomic E-state index is -0.314. The predicted molar refractivity (Wildman–Crippen MR) is 65.9 cm³/mol. The molecule has 1 heterocycles. The van der Waals surface area contributed by atoms with Crippen LogP contribution in [0.1, 0.15) is 26.5 Å².